The van der Waals surface area contributed by atoms with Gasteiger partial charge in [-0.05, 0) is 37.5 Å². The number of ether oxygens (including phenoxy) is 1. The van der Waals surface area contributed by atoms with Gasteiger partial charge in [-0.2, -0.15) is 0 Å². The van der Waals surface area contributed by atoms with E-state index in [0.717, 1.165) is 19.4 Å². The third-order valence-corrected chi connectivity index (χ3v) is 4.32. The number of amides is 1. The Morgan fingerprint density at radius 3 is 2.70 bits per heavy atom. The van der Waals surface area contributed by atoms with E-state index in [-0.39, 0.29) is 12.0 Å². The van der Waals surface area contributed by atoms with Crippen molar-refractivity contribution in [1.82, 2.24) is 10.3 Å². The topological polar surface area (TPSA) is 51.2 Å². The number of hydrogen-bond acceptors (Lipinski definition) is 3. The first-order valence-electron chi connectivity index (χ1n) is 8.10. The number of nitrogens with one attached hydrogen (secondary N) is 1. The summed E-state index contributed by atoms with van der Waals surface area (Å²) in [4.78, 5) is 16.1. The highest BCUT2D eigenvalue weighted by Gasteiger charge is 2.27. The van der Waals surface area contributed by atoms with Gasteiger partial charge >= 0.3 is 0 Å². The van der Waals surface area contributed by atoms with Crippen molar-refractivity contribution in [2.24, 2.45) is 5.92 Å². The van der Waals surface area contributed by atoms with Crippen molar-refractivity contribution < 1.29 is 9.53 Å². The molecule has 0 bridgehead atoms. The van der Waals surface area contributed by atoms with Gasteiger partial charge in [0, 0.05) is 37.0 Å². The lowest BCUT2D eigenvalue weighted by molar-refractivity contribution is -0.0272. The molecule has 2 heterocycles. The van der Waals surface area contributed by atoms with Gasteiger partial charge in [0.15, 0.2) is 0 Å². The van der Waals surface area contributed by atoms with E-state index in [1.165, 1.54) is 11.1 Å². The SMILES string of the molecule is Cc1ccc([C@H]2OCCC[C@H]2CNC(=O)c2ccncc2)cc1. The molecular formula is C19H22N2O2. The van der Waals surface area contributed by atoms with Gasteiger partial charge < -0.3 is 10.1 Å². The molecule has 0 unspecified atom stereocenters. The van der Waals surface area contributed by atoms with Crippen LogP contribution in [0.2, 0.25) is 0 Å². The molecule has 1 amide bonds. The molecule has 3 rings (SSSR count). The smallest absolute Gasteiger partial charge is 0.251 e. The predicted octanol–water partition coefficient (Wildman–Crippen LogP) is 3.29. The van der Waals surface area contributed by atoms with E-state index >= 15 is 0 Å². The Balaban J connectivity index is 1.65. The maximum absolute atomic E-state index is 12.2. The van der Waals surface area contributed by atoms with Crippen LogP contribution in [0.1, 0.15) is 40.4 Å². The number of hydrogen-bond donors (Lipinski definition) is 1. The number of carbonyl (C=O) groups is 1. The molecule has 120 valence electrons. The van der Waals surface area contributed by atoms with Gasteiger partial charge in [-0.25, -0.2) is 0 Å². The fourth-order valence-electron chi connectivity index (χ4n) is 3.01. The molecule has 1 aliphatic rings. The molecule has 1 saturated heterocycles. The molecule has 1 aromatic heterocycles. The molecule has 1 N–H and O–H groups in total. The summed E-state index contributed by atoms with van der Waals surface area (Å²) in [5, 5.41) is 3.03. The molecule has 4 heteroatoms. The van der Waals surface area contributed by atoms with E-state index in [4.69, 9.17) is 4.74 Å². The summed E-state index contributed by atoms with van der Waals surface area (Å²) in [5.74, 6) is 0.248. The van der Waals surface area contributed by atoms with E-state index in [9.17, 15) is 4.79 Å². The second-order valence-corrected chi connectivity index (χ2v) is 6.05. The number of nitrogens with zero attached hydrogens (tertiary/aromatic N) is 1. The van der Waals surface area contributed by atoms with E-state index in [1.54, 1.807) is 24.5 Å². The van der Waals surface area contributed by atoms with Crippen LogP contribution in [0.25, 0.3) is 0 Å². The average Bonchev–Trinajstić information content (AvgIpc) is 2.61. The summed E-state index contributed by atoms with van der Waals surface area (Å²) in [6.07, 6.45) is 5.43. The van der Waals surface area contributed by atoms with Crippen molar-refractivity contribution in [3.8, 4) is 0 Å². The van der Waals surface area contributed by atoms with Crippen LogP contribution in [-0.4, -0.2) is 24.0 Å². The Hall–Kier alpha value is -2.20. The van der Waals surface area contributed by atoms with Crippen LogP contribution in [0.3, 0.4) is 0 Å². The number of pyridine rings is 1. The minimum Gasteiger partial charge on any atom is -0.373 e. The molecule has 0 saturated carbocycles. The van der Waals surface area contributed by atoms with Crippen LogP contribution in [0.15, 0.2) is 48.8 Å². The molecule has 4 nitrogen and oxygen atoms in total. The summed E-state index contributed by atoms with van der Waals surface area (Å²) < 4.78 is 5.99. The zero-order valence-corrected chi connectivity index (χ0v) is 13.4. The Morgan fingerprint density at radius 2 is 1.96 bits per heavy atom. The Morgan fingerprint density at radius 1 is 1.22 bits per heavy atom. The first kappa shape index (κ1) is 15.7. The maximum Gasteiger partial charge on any atom is 0.251 e. The van der Waals surface area contributed by atoms with Crippen LogP contribution >= 0.6 is 0 Å². The number of benzene rings is 1. The molecule has 0 aliphatic carbocycles. The second-order valence-electron chi connectivity index (χ2n) is 6.05. The van der Waals surface area contributed by atoms with Crippen LogP contribution in [0, 0.1) is 12.8 Å². The van der Waals surface area contributed by atoms with Gasteiger partial charge in [0.2, 0.25) is 0 Å². The maximum atomic E-state index is 12.2. The number of aryl methyl sites for hydroxylation is 1. The van der Waals surface area contributed by atoms with Crippen molar-refractivity contribution in [2.75, 3.05) is 13.2 Å². The largest absolute Gasteiger partial charge is 0.373 e. The Labute approximate surface area is 136 Å². The Kier molecular flexibility index (Phi) is 5.03. The molecule has 2 aromatic rings. The van der Waals surface area contributed by atoms with Gasteiger partial charge in [0.05, 0.1) is 6.10 Å². The standard InChI is InChI=1S/C19H22N2O2/c1-14-4-6-15(7-5-14)18-17(3-2-12-23-18)13-21-19(22)16-8-10-20-11-9-16/h4-11,17-18H,2-3,12-13H2,1H3,(H,21,22)/t17-,18+/m0/s1. The summed E-state index contributed by atoms with van der Waals surface area (Å²) in [7, 11) is 0. The second kappa shape index (κ2) is 7.38. The molecule has 1 fully saturated rings. The quantitative estimate of drug-likeness (QED) is 0.943. The van der Waals surface area contributed by atoms with E-state index in [2.05, 4.69) is 41.5 Å². The predicted molar refractivity (Wildman–Crippen MR) is 89.2 cm³/mol. The van der Waals surface area contributed by atoms with Crippen molar-refractivity contribution in [3.05, 3.63) is 65.5 Å². The van der Waals surface area contributed by atoms with Gasteiger partial charge in [0.1, 0.15) is 0 Å². The fourth-order valence-corrected chi connectivity index (χ4v) is 3.01. The highest BCUT2D eigenvalue weighted by atomic mass is 16.5. The lowest BCUT2D eigenvalue weighted by Gasteiger charge is -2.32. The third-order valence-electron chi connectivity index (χ3n) is 4.32. The summed E-state index contributed by atoms with van der Waals surface area (Å²) in [5.41, 5.74) is 3.08. The molecular weight excluding hydrogens is 288 g/mol. The minimum atomic E-state index is -0.0550. The summed E-state index contributed by atoms with van der Waals surface area (Å²) in [6.45, 7) is 3.49. The molecule has 23 heavy (non-hydrogen) atoms. The fraction of sp³-hybridized carbons (Fsp3) is 0.368. The van der Waals surface area contributed by atoms with Crippen molar-refractivity contribution >= 4 is 5.91 Å². The van der Waals surface area contributed by atoms with Crippen LogP contribution < -0.4 is 5.32 Å². The first-order chi connectivity index (χ1) is 11.2. The van der Waals surface area contributed by atoms with Crippen LogP contribution in [0.4, 0.5) is 0 Å². The number of carbonyl (C=O) groups excluding carboxylic acids is 1. The molecule has 1 aromatic carbocycles. The molecule has 1 aliphatic heterocycles. The van der Waals surface area contributed by atoms with Gasteiger partial charge in [0.25, 0.3) is 5.91 Å². The van der Waals surface area contributed by atoms with Gasteiger partial charge in [-0.15, -0.1) is 0 Å². The molecule has 0 radical (unpaired) electrons. The summed E-state index contributed by atoms with van der Waals surface area (Å²) >= 11 is 0. The van der Waals surface area contributed by atoms with E-state index in [0.29, 0.717) is 18.0 Å². The highest BCUT2D eigenvalue weighted by Crippen LogP contribution is 2.33. The van der Waals surface area contributed by atoms with Crippen molar-refractivity contribution in [3.63, 3.8) is 0 Å². The van der Waals surface area contributed by atoms with Crippen LogP contribution in [-0.2, 0) is 4.74 Å². The Bertz CT molecular complexity index is 640. The minimum absolute atomic E-state index is 0.0550. The zero-order chi connectivity index (χ0) is 16.1. The molecule has 2 atom stereocenters. The monoisotopic (exact) mass is 310 g/mol. The summed E-state index contributed by atoms with van der Waals surface area (Å²) in [6, 6.07) is 11.9. The van der Waals surface area contributed by atoms with Crippen molar-refractivity contribution in [2.45, 2.75) is 25.9 Å². The highest BCUT2D eigenvalue weighted by molar-refractivity contribution is 5.93. The number of rotatable bonds is 4. The zero-order valence-electron chi connectivity index (χ0n) is 13.4. The third kappa shape index (κ3) is 3.96. The molecule has 0 spiro atoms. The first-order valence-corrected chi connectivity index (χ1v) is 8.10. The average molecular weight is 310 g/mol. The lowest BCUT2D eigenvalue weighted by atomic mass is 9.89. The van der Waals surface area contributed by atoms with Gasteiger partial charge in [-0.1, -0.05) is 29.8 Å². The lowest BCUT2D eigenvalue weighted by Crippen LogP contribution is -2.35. The number of aromatic nitrogens is 1. The van der Waals surface area contributed by atoms with Gasteiger partial charge in [-0.3, -0.25) is 9.78 Å². The van der Waals surface area contributed by atoms with E-state index in [1.807, 2.05) is 0 Å². The van der Waals surface area contributed by atoms with Crippen molar-refractivity contribution in [1.29, 1.82) is 0 Å². The van der Waals surface area contributed by atoms with Crippen LogP contribution in [0.5, 0.6) is 0 Å². The normalized spacial score (nSPS) is 20.9. The van der Waals surface area contributed by atoms with E-state index < -0.39 is 0 Å².